The van der Waals surface area contributed by atoms with E-state index in [-0.39, 0.29) is 11.9 Å². The summed E-state index contributed by atoms with van der Waals surface area (Å²) >= 11 is 3.47. The SMILES string of the molecule is O=C(NC1CCCCCC1)c1ccccc1OCc1cccc(Br)c1. The zero-order chi connectivity index (χ0) is 17.5. The Balaban J connectivity index is 1.66. The molecule has 0 saturated heterocycles. The zero-order valence-corrected chi connectivity index (χ0v) is 15.9. The number of nitrogens with one attached hydrogen (secondary N) is 1. The Kier molecular flexibility index (Phi) is 6.51. The smallest absolute Gasteiger partial charge is 0.255 e. The van der Waals surface area contributed by atoms with Crippen molar-refractivity contribution in [2.24, 2.45) is 0 Å². The first-order valence-electron chi connectivity index (χ1n) is 8.99. The number of ether oxygens (including phenoxy) is 1. The van der Waals surface area contributed by atoms with Gasteiger partial charge in [-0.1, -0.05) is 65.9 Å². The summed E-state index contributed by atoms with van der Waals surface area (Å²) in [5.41, 5.74) is 1.68. The molecule has 1 saturated carbocycles. The first kappa shape index (κ1) is 18.0. The highest BCUT2D eigenvalue weighted by molar-refractivity contribution is 9.10. The third-order valence-electron chi connectivity index (χ3n) is 4.61. The van der Waals surface area contributed by atoms with Crippen LogP contribution in [0.5, 0.6) is 5.75 Å². The molecule has 0 atom stereocenters. The van der Waals surface area contributed by atoms with E-state index in [4.69, 9.17) is 4.74 Å². The maximum Gasteiger partial charge on any atom is 0.255 e. The van der Waals surface area contributed by atoms with Gasteiger partial charge in [-0.2, -0.15) is 0 Å². The second-order valence-corrected chi connectivity index (χ2v) is 7.49. The van der Waals surface area contributed by atoms with Gasteiger partial charge < -0.3 is 10.1 Å². The average Bonchev–Trinajstić information content (AvgIpc) is 2.89. The summed E-state index contributed by atoms with van der Waals surface area (Å²) < 4.78 is 6.95. The zero-order valence-electron chi connectivity index (χ0n) is 14.3. The van der Waals surface area contributed by atoms with Crippen molar-refractivity contribution in [1.82, 2.24) is 5.32 Å². The molecule has 0 spiro atoms. The molecule has 1 aliphatic carbocycles. The second kappa shape index (κ2) is 9.04. The summed E-state index contributed by atoms with van der Waals surface area (Å²) in [6.07, 6.45) is 7.11. The van der Waals surface area contributed by atoms with Crippen LogP contribution >= 0.6 is 15.9 Å². The molecule has 0 unspecified atom stereocenters. The van der Waals surface area contributed by atoms with Crippen LogP contribution in [-0.2, 0) is 6.61 Å². The van der Waals surface area contributed by atoms with Crippen LogP contribution in [0.3, 0.4) is 0 Å². The minimum atomic E-state index is -0.0308. The summed E-state index contributed by atoms with van der Waals surface area (Å²) in [6.45, 7) is 0.438. The molecular formula is C21H24BrNO2. The lowest BCUT2D eigenvalue weighted by molar-refractivity contribution is 0.0929. The van der Waals surface area contributed by atoms with E-state index in [0.717, 1.165) is 22.9 Å². The predicted molar refractivity (Wildman–Crippen MR) is 104 cm³/mol. The van der Waals surface area contributed by atoms with Gasteiger partial charge in [0.2, 0.25) is 0 Å². The molecule has 2 aromatic rings. The van der Waals surface area contributed by atoms with Crippen LogP contribution in [-0.4, -0.2) is 11.9 Å². The van der Waals surface area contributed by atoms with E-state index in [1.807, 2.05) is 48.5 Å². The van der Waals surface area contributed by atoms with Crippen LogP contribution in [0, 0.1) is 0 Å². The molecular weight excluding hydrogens is 378 g/mol. The van der Waals surface area contributed by atoms with Crippen LogP contribution in [0.2, 0.25) is 0 Å². The van der Waals surface area contributed by atoms with Crippen LogP contribution in [0.1, 0.15) is 54.4 Å². The van der Waals surface area contributed by atoms with Gasteiger partial charge in [-0.05, 0) is 42.7 Å². The lowest BCUT2D eigenvalue weighted by Crippen LogP contribution is -2.34. The van der Waals surface area contributed by atoms with Gasteiger partial charge in [0.1, 0.15) is 12.4 Å². The molecule has 1 aliphatic rings. The third kappa shape index (κ3) is 5.33. The van der Waals surface area contributed by atoms with Gasteiger partial charge in [0.25, 0.3) is 5.91 Å². The number of amides is 1. The Labute approximate surface area is 157 Å². The Morgan fingerprint density at radius 2 is 1.80 bits per heavy atom. The van der Waals surface area contributed by atoms with E-state index >= 15 is 0 Å². The minimum absolute atomic E-state index is 0.0308. The van der Waals surface area contributed by atoms with Crippen molar-refractivity contribution < 1.29 is 9.53 Å². The largest absolute Gasteiger partial charge is 0.488 e. The molecule has 3 rings (SSSR count). The van der Waals surface area contributed by atoms with Crippen LogP contribution in [0.25, 0.3) is 0 Å². The highest BCUT2D eigenvalue weighted by Gasteiger charge is 2.18. The molecule has 0 radical (unpaired) electrons. The van der Waals surface area contributed by atoms with E-state index < -0.39 is 0 Å². The molecule has 3 nitrogen and oxygen atoms in total. The predicted octanol–water partition coefficient (Wildman–Crippen LogP) is 5.48. The lowest BCUT2D eigenvalue weighted by atomic mass is 10.1. The van der Waals surface area contributed by atoms with Gasteiger partial charge in [0, 0.05) is 10.5 Å². The Morgan fingerprint density at radius 1 is 1.04 bits per heavy atom. The second-order valence-electron chi connectivity index (χ2n) is 6.58. The van der Waals surface area contributed by atoms with E-state index in [1.165, 1.54) is 25.7 Å². The fraction of sp³-hybridized carbons (Fsp3) is 0.381. The van der Waals surface area contributed by atoms with E-state index in [2.05, 4.69) is 21.2 Å². The fourth-order valence-electron chi connectivity index (χ4n) is 3.25. The maximum absolute atomic E-state index is 12.7. The molecule has 1 fully saturated rings. The van der Waals surface area contributed by atoms with Crippen molar-refractivity contribution >= 4 is 21.8 Å². The van der Waals surface area contributed by atoms with Crippen molar-refractivity contribution in [1.29, 1.82) is 0 Å². The molecule has 1 amide bonds. The summed E-state index contributed by atoms with van der Waals surface area (Å²) in [5, 5.41) is 3.20. The molecule has 0 aliphatic heterocycles. The number of hydrogen-bond donors (Lipinski definition) is 1. The van der Waals surface area contributed by atoms with Crippen molar-refractivity contribution in [3.8, 4) is 5.75 Å². The molecule has 0 heterocycles. The highest BCUT2D eigenvalue weighted by atomic mass is 79.9. The van der Waals surface area contributed by atoms with E-state index in [0.29, 0.717) is 17.9 Å². The van der Waals surface area contributed by atoms with Gasteiger partial charge in [-0.15, -0.1) is 0 Å². The standard InChI is InChI=1S/C21H24BrNO2/c22-17-9-7-8-16(14-17)15-25-20-13-6-5-12-19(20)21(24)23-18-10-3-1-2-4-11-18/h5-9,12-14,18H,1-4,10-11,15H2,(H,23,24). The van der Waals surface area contributed by atoms with Crippen molar-refractivity contribution in [3.05, 3.63) is 64.1 Å². The van der Waals surface area contributed by atoms with Crippen molar-refractivity contribution in [2.75, 3.05) is 0 Å². The number of para-hydroxylation sites is 1. The molecule has 4 heteroatoms. The summed E-state index contributed by atoms with van der Waals surface area (Å²) in [5.74, 6) is 0.602. The number of halogens is 1. The monoisotopic (exact) mass is 401 g/mol. The van der Waals surface area contributed by atoms with Gasteiger partial charge >= 0.3 is 0 Å². The van der Waals surface area contributed by atoms with Gasteiger partial charge in [0.05, 0.1) is 5.56 Å². The highest BCUT2D eigenvalue weighted by Crippen LogP contribution is 2.22. The van der Waals surface area contributed by atoms with Crippen molar-refractivity contribution in [3.63, 3.8) is 0 Å². The molecule has 25 heavy (non-hydrogen) atoms. The number of benzene rings is 2. The first-order valence-corrected chi connectivity index (χ1v) is 9.79. The third-order valence-corrected chi connectivity index (χ3v) is 5.10. The summed E-state index contributed by atoms with van der Waals surface area (Å²) in [6, 6.07) is 15.8. The molecule has 2 aromatic carbocycles. The van der Waals surface area contributed by atoms with Crippen LogP contribution in [0.4, 0.5) is 0 Å². The normalized spacial score (nSPS) is 15.4. The van der Waals surface area contributed by atoms with Gasteiger partial charge in [-0.25, -0.2) is 0 Å². The topological polar surface area (TPSA) is 38.3 Å². The first-order chi connectivity index (χ1) is 12.2. The fourth-order valence-corrected chi connectivity index (χ4v) is 3.70. The number of carbonyl (C=O) groups is 1. The minimum Gasteiger partial charge on any atom is -0.488 e. The lowest BCUT2D eigenvalue weighted by Gasteiger charge is -2.18. The summed E-state index contributed by atoms with van der Waals surface area (Å²) in [7, 11) is 0. The Bertz CT molecular complexity index is 709. The molecule has 0 aromatic heterocycles. The van der Waals surface area contributed by atoms with Crippen LogP contribution in [0.15, 0.2) is 53.0 Å². The quantitative estimate of drug-likeness (QED) is 0.673. The van der Waals surface area contributed by atoms with Crippen LogP contribution < -0.4 is 10.1 Å². The van der Waals surface area contributed by atoms with E-state index in [1.54, 1.807) is 0 Å². The Hall–Kier alpha value is -1.81. The van der Waals surface area contributed by atoms with E-state index in [9.17, 15) is 4.79 Å². The average molecular weight is 402 g/mol. The molecule has 132 valence electrons. The Morgan fingerprint density at radius 3 is 2.56 bits per heavy atom. The molecule has 0 bridgehead atoms. The number of hydrogen-bond acceptors (Lipinski definition) is 2. The van der Waals surface area contributed by atoms with Gasteiger partial charge in [0.15, 0.2) is 0 Å². The maximum atomic E-state index is 12.7. The molecule has 1 N–H and O–H groups in total. The van der Waals surface area contributed by atoms with Gasteiger partial charge in [-0.3, -0.25) is 4.79 Å². The number of rotatable bonds is 5. The summed E-state index contributed by atoms with van der Waals surface area (Å²) in [4.78, 5) is 12.7. The number of carbonyl (C=O) groups excluding carboxylic acids is 1. The van der Waals surface area contributed by atoms with Crippen molar-refractivity contribution in [2.45, 2.75) is 51.2 Å².